The fraction of sp³-hybridized carbons (Fsp3) is 0.364. The molecular weight excluding hydrogens is 196 g/mol. The third kappa shape index (κ3) is 1.80. The molecule has 0 bridgehead atoms. The quantitative estimate of drug-likeness (QED) is 0.750. The number of aliphatic carboxylic acids is 1. The molecule has 1 aliphatic rings. The molecule has 0 aliphatic carbocycles. The molecule has 1 aromatic carbocycles. The first kappa shape index (κ1) is 9.98. The van der Waals surface area contributed by atoms with Gasteiger partial charge in [0.2, 0.25) is 6.10 Å². The highest BCUT2D eigenvalue weighted by molar-refractivity contribution is 5.73. The van der Waals surface area contributed by atoms with Crippen molar-refractivity contribution in [3.8, 4) is 5.75 Å². The lowest BCUT2D eigenvalue weighted by Gasteiger charge is -2.29. The minimum Gasteiger partial charge on any atom is -0.478 e. The van der Waals surface area contributed by atoms with Gasteiger partial charge in [0, 0.05) is 5.92 Å². The highest BCUT2D eigenvalue weighted by atomic mass is 16.5. The number of rotatable bonds is 2. The Morgan fingerprint density at radius 2 is 2.20 bits per heavy atom. The number of para-hydroxylation sites is 1. The lowest BCUT2D eigenvalue weighted by molar-refractivity contribution is -0.149. The van der Waals surface area contributed by atoms with Crippen molar-refractivity contribution >= 4 is 5.97 Å². The van der Waals surface area contributed by atoms with Crippen molar-refractivity contribution < 1.29 is 19.7 Å². The van der Waals surface area contributed by atoms with Crippen LogP contribution in [0.1, 0.15) is 5.56 Å². The SMILES string of the molecule is O=C(O)C1Oc2ccccc2CC1CO. The van der Waals surface area contributed by atoms with Crippen LogP contribution in [-0.2, 0) is 11.2 Å². The molecule has 0 aromatic heterocycles. The molecule has 4 heteroatoms. The Kier molecular flexibility index (Phi) is 2.60. The summed E-state index contributed by atoms with van der Waals surface area (Å²) >= 11 is 0. The van der Waals surface area contributed by atoms with Gasteiger partial charge in [-0.1, -0.05) is 18.2 Å². The molecule has 0 spiro atoms. The molecule has 4 nitrogen and oxygen atoms in total. The van der Waals surface area contributed by atoms with E-state index in [0.717, 1.165) is 5.56 Å². The Morgan fingerprint density at radius 3 is 2.87 bits per heavy atom. The normalized spacial score (nSPS) is 24.1. The number of hydrogen-bond acceptors (Lipinski definition) is 3. The highest BCUT2D eigenvalue weighted by Crippen LogP contribution is 2.30. The third-order valence-corrected chi connectivity index (χ3v) is 2.61. The summed E-state index contributed by atoms with van der Waals surface area (Å²) in [5.41, 5.74) is 0.953. The van der Waals surface area contributed by atoms with Crippen LogP contribution < -0.4 is 4.74 Å². The number of carboxylic acid groups (broad SMARTS) is 1. The molecule has 1 aromatic rings. The monoisotopic (exact) mass is 208 g/mol. The fourth-order valence-corrected chi connectivity index (χ4v) is 1.82. The number of ether oxygens (including phenoxy) is 1. The molecule has 2 rings (SSSR count). The van der Waals surface area contributed by atoms with Crippen molar-refractivity contribution in [3.63, 3.8) is 0 Å². The topological polar surface area (TPSA) is 66.8 Å². The highest BCUT2D eigenvalue weighted by Gasteiger charge is 2.34. The van der Waals surface area contributed by atoms with Crippen LogP contribution in [0.5, 0.6) is 5.75 Å². The molecule has 1 aliphatic heterocycles. The molecule has 0 saturated heterocycles. The molecule has 15 heavy (non-hydrogen) atoms. The number of carboxylic acids is 1. The van der Waals surface area contributed by atoms with Crippen molar-refractivity contribution in [2.24, 2.45) is 5.92 Å². The number of benzene rings is 1. The molecule has 80 valence electrons. The lowest BCUT2D eigenvalue weighted by atomic mass is 9.91. The summed E-state index contributed by atoms with van der Waals surface area (Å²) in [6.07, 6.45) is -0.395. The summed E-state index contributed by atoms with van der Waals surface area (Å²) in [7, 11) is 0. The standard InChI is InChI=1S/C11H12O4/c12-6-8-5-7-3-1-2-4-9(7)15-10(8)11(13)14/h1-4,8,10,12H,5-6H2,(H,13,14). The maximum absolute atomic E-state index is 10.9. The lowest BCUT2D eigenvalue weighted by Crippen LogP contribution is -2.41. The van der Waals surface area contributed by atoms with Crippen LogP contribution >= 0.6 is 0 Å². The number of fused-ring (bicyclic) bond motifs is 1. The van der Waals surface area contributed by atoms with Crippen molar-refractivity contribution in [1.82, 2.24) is 0 Å². The summed E-state index contributed by atoms with van der Waals surface area (Å²) in [5.74, 6) is -0.782. The van der Waals surface area contributed by atoms with E-state index in [9.17, 15) is 4.79 Å². The molecule has 0 saturated carbocycles. The fourth-order valence-electron chi connectivity index (χ4n) is 1.82. The largest absolute Gasteiger partial charge is 0.478 e. The predicted octanol–water partition coefficient (Wildman–Crippen LogP) is 0.683. The van der Waals surface area contributed by atoms with Crippen LogP contribution in [0.2, 0.25) is 0 Å². The van der Waals surface area contributed by atoms with Crippen molar-refractivity contribution in [3.05, 3.63) is 29.8 Å². The molecule has 2 N–H and O–H groups in total. The Balaban J connectivity index is 2.30. The zero-order valence-electron chi connectivity index (χ0n) is 8.09. The van der Waals surface area contributed by atoms with Crippen LogP contribution in [0.3, 0.4) is 0 Å². The molecule has 1 heterocycles. The Labute approximate surface area is 87.1 Å². The minimum absolute atomic E-state index is 0.175. The number of aliphatic hydroxyl groups excluding tert-OH is 1. The minimum atomic E-state index is -1.02. The van der Waals surface area contributed by atoms with Gasteiger partial charge in [0.1, 0.15) is 5.75 Å². The Hall–Kier alpha value is -1.55. The van der Waals surface area contributed by atoms with Gasteiger partial charge in [-0.15, -0.1) is 0 Å². The summed E-state index contributed by atoms with van der Waals surface area (Å²) in [4.78, 5) is 10.9. The molecule has 2 atom stereocenters. The van der Waals surface area contributed by atoms with E-state index in [1.54, 1.807) is 12.1 Å². The third-order valence-electron chi connectivity index (χ3n) is 2.61. The first-order valence-corrected chi connectivity index (χ1v) is 4.80. The predicted molar refractivity (Wildman–Crippen MR) is 52.8 cm³/mol. The van der Waals surface area contributed by atoms with Crippen molar-refractivity contribution in [2.75, 3.05) is 6.61 Å². The zero-order valence-corrected chi connectivity index (χ0v) is 8.09. The van der Waals surface area contributed by atoms with E-state index in [1.165, 1.54) is 0 Å². The van der Waals surface area contributed by atoms with Crippen molar-refractivity contribution in [1.29, 1.82) is 0 Å². The van der Waals surface area contributed by atoms with Gasteiger partial charge in [0.05, 0.1) is 6.61 Å². The number of carbonyl (C=O) groups is 1. The first-order valence-electron chi connectivity index (χ1n) is 4.80. The van der Waals surface area contributed by atoms with Crippen LogP contribution in [0.25, 0.3) is 0 Å². The number of aliphatic hydroxyl groups is 1. The van der Waals surface area contributed by atoms with Crippen molar-refractivity contribution in [2.45, 2.75) is 12.5 Å². The van der Waals surface area contributed by atoms with E-state index >= 15 is 0 Å². The second-order valence-corrected chi connectivity index (χ2v) is 3.63. The summed E-state index contributed by atoms with van der Waals surface area (Å²) in [6, 6.07) is 7.31. The summed E-state index contributed by atoms with van der Waals surface area (Å²) in [6.45, 7) is -0.175. The summed E-state index contributed by atoms with van der Waals surface area (Å²) in [5, 5.41) is 18.0. The van der Waals surface area contributed by atoms with Gasteiger partial charge in [-0.3, -0.25) is 0 Å². The van der Waals surface area contributed by atoms with Gasteiger partial charge in [0.15, 0.2) is 0 Å². The molecule has 0 fully saturated rings. The van der Waals surface area contributed by atoms with E-state index in [-0.39, 0.29) is 12.5 Å². The average Bonchev–Trinajstić information content (AvgIpc) is 2.27. The molecule has 0 radical (unpaired) electrons. The second-order valence-electron chi connectivity index (χ2n) is 3.63. The van der Waals surface area contributed by atoms with Gasteiger partial charge in [-0.25, -0.2) is 4.79 Å². The smallest absolute Gasteiger partial charge is 0.345 e. The maximum atomic E-state index is 10.9. The van der Waals surface area contributed by atoms with E-state index in [2.05, 4.69) is 0 Å². The van der Waals surface area contributed by atoms with Gasteiger partial charge in [0.25, 0.3) is 0 Å². The zero-order chi connectivity index (χ0) is 10.8. The Bertz CT molecular complexity index is 375. The molecule has 0 amide bonds. The van der Waals surface area contributed by atoms with E-state index in [1.807, 2.05) is 12.1 Å². The average molecular weight is 208 g/mol. The van der Waals surface area contributed by atoms with Gasteiger partial charge in [-0.05, 0) is 18.1 Å². The second kappa shape index (κ2) is 3.90. The van der Waals surface area contributed by atoms with E-state index < -0.39 is 12.1 Å². The first-order chi connectivity index (χ1) is 7.22. The Morgan fingerprint density at radius 1 is 1.47 bits per heavy atom. The van der Waals surface area contributed by atoms with Gasteiger partial charge in [-0.2, -0.15) is 0 Å². The maximum Gasteiger partial charge on any atom is 0.345 e. The number of hydrogen-bond donors (Lipinski definition) is 2. The molecule has 2 unspecified atom stereocenters. The van der Waals surface area contributed by atoms with Crippen LogP contribution in [0, 0.1) is 5.92 Å². The van der Waals surface area contributed by atoms with E-state index in [0.29, 0.717) is 12.2 Å². The molecular formula is C11H12O4. The van der Waals surface area contributed by atoms with Gasteiger partial charge >= 0.3 is 5.97 Å². The van der Waals surface area contributed by atoms with Crippen LogP contribution in [-0.4, -0.2) is 28.9 Å². The van der Waals surface area contributed by atoms with Crippen LogP contribution in [0.4, 0.5) is 0 Å². The summed E-state index contributed by atoms with van der Waals surface area (Å²) < 4.78 is 5.34. The van der Waals surface area contributed by atoms with Crippen LogP contribution in [0.15, 0.2) is 24.3 Å². The van der Waals surface area contributed by atoms with E-state index in [4.69, 9.17) is 14.9 Å². The van der Waals surface area contributed by atoms with Gasteiger partial charge < -0.3 is 14.9 Å².